The van der Waals surface area contributed by atoms with Crippen molar-refractivity contribution in [2.45, 2.75) is 29.5 Å². The highest BCUT2D eigenvalue weighted by Gasteiger charge is 2.36. The fourth-order valence-corrected chi connectivity index (χ4v) is 3.82. The number of rotatable bonds is 1. The molecule has 0 aliphatic carbocycles. The van der Waals surface area contributed by atoms with Crippen LogP contribution in [0.15, 0.2) is 17.0 Å². The van der Waals surface area contributed by atoms with Gasteiger partial charge in [-0.3, -0.25) is 0 Å². The SMILES string of the molecule is CNC1CC(C)S(=O)(=O)c2cc(F)c(F)cc21. The van der Waals surface area contributed by atoms with Gasteiger partial charge >= 0.3 is 0 Å². The van der Waals surface area contributed by atoms with Gasteiger partial charge in [0.15, 0.2) is 21.5 Å². The Morgan fingerprint density at radius 1 is 1.29 bits per heavy atom. The molecule has 1 aromatic rings. The Balaban J connectivity index is 2.72. The maximum Gasteiger partial charge on any atom is 0.181 e. The first-order valence-electron chi connectivity index (χ1n) is 5.28. The van der Waals surface area contributed by atoms with E-state index in [9.17, 15) is 17.2 Å². The first kappa shape index (κ1) is 12.4. The molecule has 1 aliphatic rings. The number of sulfone groups is 1. The second kappa shape index (κ2) is 4.03. The van der Waals surface area contributed by atoms with Gasteiger partial charge in [-0.25, -0.2) is 17.2 Å². The Bertz CT molecular complexity index is 557. The number of nitrogens with one attached hydrogen (secondary N) is 1. The predicted molar refractivity (Wildman–Crippen MR) is 59.4 cm³/mol. The molecule has 2 atom stereocenters. The summed E-state index contributed by atoms with van der Waals surface area (Å²) in [5.41, 5.74) is 0.310. The molecule has 0 saturated carbocycles. The minimum absolute atomic E-state index is 0.102. The third-order valence-corrected chi connectivity index (χ3v) is 5.40. The minimum atomic E-state index is -3.55. The zero-order valence-electron chi connectivity index (χ0n) is 9.50. The molecule has 2 unspecified atom stereocenters. The van der Waals surface area contributed by atoms with Crippen molar-refractivity contribution >= 4 is 9.84 Å². The molecule has 2 rings (SSSR count). The van der Waals surface area contributed by atoms with Crippen LogP contribution in [0, 0.1) is 11.6 Å². The number of benzene rings is 1. The van der Waals surface area contributed by atoms with Crippen LogP contribution in [0.2, 0.25) is 0 Å². The first-order chi connectivity index (χ1) is 7.87. The van der Waals surface area contributed by atoms with Crippen molar-refractivity contribution in [1.29, 1.82) is 0 Å². The summed E-state index contributed by atoms with van der Waals surface area (Å²) in [6, 6.07) is 1.48. The van der Waals surface area contributed by atoms with Gasteiger partial charge < -0.3 is 5.32 Å². The number of halogens is 2. The monoisotopic (exact) mass is 261 g/mol. The van der Waals surface area contributed by atoms with Crippen molar-refractivity contribution in [3.05, 3.63) is 29.3 Å². The molecular formula is C11H13F2NO2S. The van der Waals surface area contributed by atoms with Gasteiger partial charge in [-0.15, -0.1) is 0 Å². The van der Waals surface area contributed by atoms with Crippen LogP contribution in [0.3, 0.4) is 0 Å². The highest BCUT2D eigenvalue weighted by Crippen LogP contribution is 2.36. The lowest BCUT2D eigenvalue weighted by Crippen LogP contribution is -2.33. The summed E-state index contributed by atoms with van der Waals surface area (Å²) < 4.78 is 50.3. The third kappa shape index (κ3) is 1.85. The normalized spacial score (nSPS) is 26.6. The standard InChI is InChI=1S/C11H13F2NO2S/c1-6-3-10(14-2)7-4-8(12)9(13)5-11(7)17(6,15)16/h4-6,10,14H,3H2,1-2H3. The maximum absolute atomic E-state index is 13.2. The summed E-state index contributed by atoms with van der Waals surface area (Å²) in [4.78, 5) is -0.102. The molecule has 0 bridgehead atoms. The Morgan fingerprint density at radius 3 is 2.47 bits per heavy atom. The molecule has 0 fully saturated rings. The molecule has 1 aliphatic heterocycles. The van der Waals surface area contributed by atoms with Gasteiger partial charge in [0.2, 0.25) is 0 Å². The lowest BCUT2D eigenvalue weighted by molar-refractivity contribution is 0.469. The smallest absolute Gasteiger partial charge is 0.181 e. The van der Waals surface area contributed by atoms with E-state index < -0.39 is 26.7 Å². The van der Waals surface area contributed by atoms with Crippen LogP contribution in [0.4, 0.5) is 8.78 Å². The fraction of sp³-hybridized carbons (Fsp3) is 0.455. The molecular weight excluding hydrogens is 248 g/mol. The first-order valence-corrected chi connectivity index (χ1v) is 6.82. The number of fused-ring (bicyclic) bond motifs is 1. The molecule has 1 N–H and O–H groups in total. The zero-order chi connectivity index (χ0) is 12.8. The summed E-state index contributed by atoms with van der Waals surface area (Å²) >= 11 is 0. The number of hydrogen-bond donors (Lipinski definition) is 1. The van der Waals surface area contributed by atoms with Gasteiger partial charge in [-0.2, -0.15) is 0 Å². The molecule has 1 heterocycles. The molecule has 94 valence electrons. The molecule has 17 heavy (non-hydrogen) atoms. The Morgan fingerprint density at radius 2 is 1.88 bits per heavy atom. The van der Waals surface area contributed by atoms with Crippen molar-refractivity contribution in [2.75, 3.05) is 7.05 Å². The third-order valence-electron chi connectivity index (χ3n) is 3.18. The van der Waals surface area contributed by atoms with E-state index in [0.29, 0.717) is 12.0 Å². The van der Waals surface area contributed by atoms with Crippen LogP contribution in [0.25, 0.3) is 0 Å². The van der Waals surface area contributed by atoms with Crippen molar-refractivity contribution in [1.82, 2.24) is 5.32 Å². The molecule has 0 spiro atoms. The summed E-state index contributed by atoms with van der Waals surface area (Å²) in [5, 5.41) is 2.32. The lowest BCUT2D eigenvalue weighted by Gasteiger charge is -2.29. The van der Waals surface area contributed by atoms with Crippen LogP contribution in [0.1, 0.15) is 24.9 Å². The van der Waals surface area contributed by atoms with Gasteiger partial charge in [0, 0.05) is 6.04 Å². The van der Waals surface area contributed by atoms with Gasteiger partial charge in [0.1, 0.15) is 0 Å². The van der Waals surface area contributed by atoms with Gasteiger partial charge in [0.25, 0.3) is 0 Å². The quantitative estimate of drug-likeness (QED) is 0.784. The van der Waals surface area contributed by atoms with E-state index in [2.05, 4.69) is 5.32 Å². The van der Waals surface area contributed by atoms with Crippen molar-refractivity contribution < 1.29 is 17.2 Å². The molecule has 6 heteroatoms. The molecule has 1 aromatic carbocycles. The Labute approximate surface area is 98.8 Å². The average molecular weight is 261 g/mol. The van der Waals surface area contributed by atoms with Crippen molar-refractivity contribution in [2.24, 2.45) is 0 Å². The molecule has 3 nitrogen and oxygen atoms in total. The zero-order valence-corrected chi connectivity index (χ0v) is 10.3. The summed E-state index contributed by atoms with van der Waals surface area (Å²) in [5.74, 6) is -2.15. The second-order valence-electron chi connectivity index (χ2n) is 4.24. The Hall–Kier alpha value is -1.01. The number of hydrogen-bond acceptors (Lipinski definition) is 3. The van der Waals surface area contributed by atoms with Crippen molar-refractivity contribution in [3.8, 4) is 0 Å². The summed E-state index contributed by atoms with van der Waals surface area (Å²) in [6.45, 7) is 1.57. The Kier molecular flexibility index (Phi) is 2.95. The molecule has 0 aromatic heterocycles. The van der Waals surface area contributed by atoms with E-state index in [1.165, 1.54) is 0 Å². The van der Waals surface area contributed by atoms with Gasteiger partial charge in [0.05, 0.1) is 10.1 Å². The van der Waals surface area contributed by atoms with Gasteiger partial charge in [-0.05, 0) is 38.1 Å². The largest absolute Gasteiger partial charge is 0.313 e. The fourth-order valence-electron chi connectivity index (χ4n) is 2.14. The van der Waals surface area contributed by atoms with Crippen LogP contribution in [-0.2, 0) is 9.84 Å². The minimum Gasteiger partial charge on any atom is -0.313 e. The topological polar surface area (TPSA) is 46.2 Å². The summed E-state index contributed by atoms with van der Waals surface area (Å²) in [7, 11) is -1.88. The van der Waals surface area contributed by atoms with E-state index in [1.807, 2.05) is 0 Å². The second-order valence-corrected chi connectivity index (χ2v) is 6.57. The molecule has 0 amide bonds. The van der Waals surface area contributed by atoms with Crippen LogP contribution >= 0.6 is 0 Å². The lowest BCUT2D eigenvalue weighted by atomic mass is 10.0. The average Bonchev–Trinajstić information content (AvgIpc) is 2.27. The molecule has 0 saturated heterocycles. The van der Waals surface area contributed by atoms with Crippen LogP contribution in [-0.4, -0.2) is 20.7 Å². The van der Waals surface area contributed by atoms with E-state index in [1.54, 1.807) is 14.0 Å². The highest BCUT2D eigenvalue weighted by atomic mass is 32.2. The van der Waals surface area contributed by atoms with E-state index in [0.717, 1.165) is 12.1 Å². The maximum atomic E-state index is 13.2. The molecule has 0 radical (unpaired) electrons. The highest BCUT2D eigenvalue weighted by molar-refractivity contribution is 7.92. The van der Waals surface area contributed by atoms with Gasteiger partial charge in [-0.1, -0.05) is 0 Å². The van der Waals surface area contributed by atoms with Crippen molar-refractivity contribution in [3.63, 3.8) is 0 Å². The van der Waals surface area contributed by atoms with E-state index in [4.69, 9.17) is 0 Å². The summed E-state index contributed by atoms with van der Waals surface area (Å²) in [6.07, 6.45) is 0.358. The van der Waals surface area contributed by atoms with Crippen LogP contribution < -0.4 is 5.32 Å². The van der Waals surface area contributed by atoms with Crippen LogP contribution in [0.5, 0.6) is 0 Å². The predicted octanol–water partition coefficient (Wildman–Crippen LogP) is 1.79. The van der Waals surface area contributed by atoms with E-state index in [-0.39, 0.29) is 10.9 Å². The van der Waals surface area contributed by atoms with E-state index >= 15 is 0 Å².